The van der Waals surface area contributed by atoms with Crippen molar-refractivity contribution in [1.82, 2.24) is 4.90 Å². The van der Waals surface area contributed by atoms with Crippen LogP contribution in [-0.2, 0) is 14.8 Å². The van der Waals surface area contributed by atoms with E-state index in [2.05, 4.69) is 16.7 Å². The molecule has 1 heterocycles. The maximum Gasteiger partial charge on any atom is 0.224 e. The van der Waals surface area contributed by atoms with E-state index in [1.54, 1.807) is 4.90 Å². The molecule has 20 heavy (non-hydrogen) atoms. The van der Waals surface area contributed by atoms with Gasteiger partial charge < -0.3 is 9.64 Å². The molecular formula is C11H19FN4O3S. The molecule has 0 aromatic rings. The highest BCUT2D eigenvalue weighted by molar-refractivity contribution is 7.89. The second-order valence-electron chi connectivity index (χ2n) is 4.51. The molecule has 9 heteroatoms. The molecule has 0 saturated carbocycles. The van der Waals surface area contributed by atoms with Crippen molar-refractivity contribution in [2.24, 2.45) is 15.1 Å². The van der Waals surface area contributed by atoms with E-state index in [4.69, 9.17) is 9.88 Å². The van der Waals surface area contributed by atoms with Crippen LogP contribution >= 0.6 is 0 Å². The number of halogens is 1. The molecule has 1 fully saturated rings. The average molecular weight is 306 g/mol. The largest absolute Gasteiger partial charge is 0.380 e. The summed E-state index contributed by atoms with van der Waals surface area (Å²) in [6.07, 6.45) is 0.968. The fraction of sp³-hybridized carbons (Fsp3) is 0.636. The summed E-state index contributed by atoms with van der Waals surface area (Å²) >= 11 is 0. The van der Waals surface area contributed by atoms with Gasteiger partial charge in [-0.05, 0) is 20.1 Å². The molecule has 114 valence electrons. The Bertz CT molecular complexity index is 514. The first kappa shape index (κ1) is 16.7. The van der Waals surface area contributed by atoms with E-state index in [0.717, 1.165) is 6.20 Å². The van der Waals surface area contributed by atoms with Gasteiger partial charge in [0.15, 0.2) is 0 Å². The summed E-state index contributed by atoms with van der Waals surface area (Å²) in [4.78, 5) is 9.10. The molecule has 1 rings (SSSR count). The van der Waals surface area contributed by atoms with E-state index < -0.39 is 21.1 Å². The number of methoxy groups -OCH3 is 1. The maximum atomic E-state index is 12.7. The Kier molecular flexibility index (Phi) is 5.78. The van der Waals surface area contributed by atoms with E-state index in [1.807, 2.05) is 0 Å². The Hall–Kier alpha value is -1.32. The number of hydrogen-bond donors (Lipinski definition) is 1. The Morgan fingerprint density at radius 1 is 1.55 bits per heavy atom. The van der Waals surface area contributed by atoms with Crippen molar-refractivity contribution in [2.45, 2.75) is 24.7 Å². The molecule has 0 aliphatic carbocycles. The first-order valence-electron chi connectivity index (χ1n) is 5.94. The summed E-state index contributed by atoms with van der Waals surface area (Å²) in [7, 11) is -2.22. The second kappa shape index (κ2) is 6.91. The number of ether oxygens (including phenoxy) is 1. The zero-order valence-electron chi connectivity index (χ0n) is 11.5. The van der Waals surface area contributed by atoms with Crippen LogP contribution in [0.3, 0.4) is 0 Å². The Morgan fingerprint density at radius 3 is 2.65 bits per heavy atom. The molecule has 0 aromatic carbocycles. The molecule has 0 unspecified atom stereocenters. The van der Waals surface area contributed by atoms with Crippen molar-refractivity contribution >= 4 is 22.7 Å². The van der Waals surface area contributed by atoms with Crippen LogP contribution in [0.2, 0.25) is 0 Å². The van der Waals surface area contributed by atoms with E-state index in [9.17, 15) is 12.8 Å². The van der Waals surface area contributed by atoms with E-state index in [0.29, 0.717) is 13.0 Å². The van der Waals surface area contributed by atoms with Crippen LogP contribution in [0.15, 0.2) is 22.0 Å². The summed E-state index contributed by atoms with van der Waals surface area (Å²) in [5.41, 5.74) is 0. The third-order valence-electron chi connectivity index (χ3n) is 2.95. The molecule has 2 atom stereocenters. The fourth-order valence-corrected chi connectivity index (χ4v) is 2.82. The quantitative estimate of drug-likeness (QED) is 0.597. The van der Waals surface area contributed by atoms with Gasteiger partial charge in [0, 0.05) is 20.2 Å². The molecule has 0 bridgehead atoms. The van der Waals surface area contributed by atoms with Gasteiger partial charge in [-0.2, -0.15) is 0 Å². The van der Waals surface area contributed by atoms with Crippen molar-refractivity contribution in [3.8, 4) is 0 Å². The molecule has 1 saturated heterocycles. The predicted octanol–water partition coefficient (Wildman–Crippen LogP) is 0.252. The van der Waals surface area contributed by atoms with Crippen LogP contribution in [0.4, 0.5) is 4.39 Å². The summed E-state index contributed by atoms with van der Waals surface area (Å²) in [6, 6.07) is 0. The summed E-state index contributed by atoms with van der Waals surface area (Å²) in [5, 5.41) is 4.40. The van der Waals surface area contributed by atoms with Crippen molar-refractivity contribution in [3.05, 3.63) is 12.0 Å². The van der Waals surface area contributed by atoms with Crippen molar-refractivity contribution in [3.63, 3.8) is 0 Å². The fourth-order valence-electron chi connectivity index (χ4n) is 1.95. The normalized spacial score (nSPS) is 25.7. The predicted molar refractivity (Wildman–Crippen MR) is 75.7 cm³/mol. The van der Waals surface area contributed by atoms with Crippen molar-refractivity contribution < 1.29 is 17.5 Å². The number of guanidine groups is 1. The molecule has 1 aliphatic heterocycles. The smallest absolute Gasteiger partial charge is 0.224 e. The molecule has 2 N–H and O–H groups in total. The molecule has 7 nitrogen and oxygen atoms in total. The Labute approximate surface area is 118 Å². The number of rotatable bonds is 3. The number of sulfonamides is 1. The zero-order valence-corrected chi connectivity index (χ0v) is 12.3. The first-order chi connectivity index (χ1) is 9.27. The maximum absolute atomic E-state index is 12.7. The monoisotopic (exact) mass is 306 g/mol. The van der Waals surface area contributed by atoms with Gasteiger partial charge in [-0.15, -0.1) is 0 Å². The van der Waals surface area contributed by atoms with Crippen LogP contribution in [-0.4, -0.2) is 57.5 Å². The lowest BCUT2D eigenvalue weighted by molar-refractivity contribution is 0.0546. The highest BCUT2D eigenvalue weighted by Crippen LogP contribution is 2.18. The molecule has 0 spiro atoms. The van der Waals surface area contributed by atoms with E-state index in [-0.39, 0.29) is 18.6 Å². The van der Waals surface area contributed by atoms with Gasteiger partial charge in [0.2, 0.25) is 16.0 Å². The molecule has 0 amide bonds. The lowest BCUT2D eigenvalue weighted by Gasteiger charge is -2.36. The van der Waals surface area contributed by atoms with E-state index in [1.165, 1.54) is 14.0 Å². The van der Waals surface area contributed by atoms with Crippen LogP contribution in [0.5, 0.6) is 0 Å². The van der Waals surface area contributed by atoms with Crippen molar-refractivity contribution in [1.29, 1.82) is 0 Å². The Morgan fingerprint density at radius 2 is 2.20 bits per heavy atom. The van der Waals surface area contributed by atoms with Crippen LogP contribution in [0.1, 0.15) is 13.3 Å². The highest BCUT2D eigenvalue weighted by atomic mass is 32.2. The van der Waals surface area contributed by atoms with Gasteiger partial charge in [0.25, 0.3) is 0 Å². The minimum absolute atomic E-state index is 0.121. The average Bonchev–Trinajstić information content (AvgIpc) is 2.37. The molecular weight excluding hydrogens is 287 g/mol. The zero-order chi connectivity index (χ0) is 15.3. The van der Waals surface area contributed by atoms with Gasteiger partial charge in [-0.1, -0.05) is 0 Å². The SMILES string of the molecule is C=N/C(=N\C=C(/C)F)N1C[C@H](OC)C[C@@H](S(N)(=O)=O)C1. The van der Waals surface area contributed by atoms with E-state index >= 15 is 0 Å². The number of nitrogens with zero attached hydrogens (tertiary/aromatic N) is 3. The third kappa shape index (κ3) is 4.66. The van der Waals surface area contributed by atoms with Gasteiger partial charge >= 0.3 is 0 Å². The summed E-state index contributed by atoms with van der Waals surface area (Å²) in [5.74, 6) is -0.355. The molecule has 1 aliphatic rings. The standard InChI is InChI=1S/C11H19FN4O3S/c1-8(12)5-15-11(14-2)16-6-9(19-3)4-10(7-16)20(13,17)18/h5,9-10H,2,4,6-7H2,1,3H3,(H2,13,17,18)/b8-5+,15-11+/t9-,10-/m1/s1. The lowest BCUT2D eigenvalue weighted by Crippen LogP contribution is -2.52. The number of hydrogen-bond acceptors (Lipinski definition) is 4. The number of allylic oxidation sites excluding steroid dienone is 1. The summed E-state index contributed by atoms with van der Waals surface area (Å²) < 4.78 is 40.9. The van der Waals surface area contributed by atoms with Crippen molar-refractivity contribution in [2.75, 3.05) is 20.2 Å². The van der Waals surface area contributed by atoms with Gasteiger partial charge in [0.1, 0.15) is 5.83 Å². The number of piperidine rings is 1. The van der Waals surface area contributed by atoms with Crippen LogP contribution in [0.25, 0.3) is 0 Å². The molecule has 0 aromatic heterocycles. The first-order valence-corrected chi connectivity index (χ1v) is 7.55. The summed E-state index contributed by atoms with van der Waals surface area (Å²) in [6.45, 7) is 5.11. The second-order valence-corrected chi connectivity index (χ2v) is 6.36. The third-order valence-corrected chi connectivity index (χ3v) is 4.22. The Balaban J connectivity index is 3.00. The number of likely N-dealkylation sites (tertiary alicyclic amines) is 1. The minimum Gasteiger partial charge on any atom is -0.380 e. The number of aliphatic imine (C=N–C) groups is 2. The lowest BCUT2D eigenvalue weighted by atomic mass is 10.1. The topological polar surface area (TPSA) is 97.3 Å². The highest BCUT2D eigenvalue weighted by Gasteiger charge is 2.34. The number of nitrogens with two attached hydrogens (primary N) is 1. The van der Waals surface area contributed by atoms with Gasteiger partial charge in [-0.25, -0.2) is 27.9 Å². The van der Waals surface area contributed by atoms with Crippen LogP contribution < -0.4 is 5.14 Å². The van der Waals surface area contributed by atoms with Gasteiger partial charge in [-0.3, -0.25) is 0 Å². The number of primary sulfonamides is 1. The van der Waals surface area contributed by atoms with Gasteiger partial charge in [0.05, 0.1) is 17.6 Å². The minimum atomic E-state index is -3.70. The van der Waals surface area contributed by atoms with Crippen LogP contribution in [0, 0.1) is 0 Å². The molecule has 0 radical (unpaired) electrons.